The summed E-state index contributed by atoms with van der Waals surface area (Å²) in [5.41, 5.74) is 0. The number of carbonyl (C=O) groups is 1. The molecule has 108 valence electrons. The summed E-state index contributed by atoms with van der Waals surface area (Å²) in [6, 6.07) is 0. The predicted molar refractivity (Wildman–Crippen MR) is 81.1 cm³/mol. The van der Waals surface area contributed by atoms with Crippen LogP contribution in [0, 0.1) is 5.92 Å². The predicted octanol–water partition coefficient (Wildman–Crippen LogP) is 6.09. The Morgan fingerprint density at radius 3 is 1.61 bits per heavy atom. The second-order valence-corrected chi connectivity index (χ2v) is 5.90. The summed E-state index contributed by atoms with van der Waals surface area (Å²) in [6.45, 7) is 4.18. The Kier molecular flexibility index (Phi) is 13.4. The number of hydrogen-bond acceptors (Lipinski definition) is 1. The molecule has 1 nitrogen and oxygen atoms in total. The van der Waals surface area contributed by atoms with Crippen LogP contribution in [0.4, 0.5) is 0 Å². The number of carbonyl (C=O) groups excluding carboxylic acids is 1. The minimum absolute atomic E-state index is 0.0465. The van der Waals surface area contributed by atoms with Gasteiger partial charge in [-0.2, -0.15) is 0 Å². The van der Waals surface area contributed by atoms with Crippen LogP contribution in [0.1, 0.15) is 90.9 Å². The van der Waals surface area contributed by atoms with E-state index in [0.29, 0.717) is 0 Å². The maximum Gasteiger partial charge on any atom is 0.224 e. The van der Waals surface area contributed by atoms with Crippen molar-refractivity contribution in [3.05, 3.63) is 0 Å². The van der Waals surface area contributed by atoms with E-state index in [1.807, 2.05) is 6.92 Å². The third kappa shape index (κ3) is 12.4. The number of halogens is 1. The van der Waals surface area contributed by atoms with E-state index >= 15 is 0 Å². The minimum atomic E-state index is -0.179. The van der Waals surface area contributed by atoms with Crippen LogP contribution in [0.2, 0.25) is 0 Å². The zero-order valence-electron chi connectivity index (χ0n) is 12.3. The van der Waals surface area contributed by atoms with Gasteiger partial charge in [-0.15, -0.1) is 0 Å². The van der Waals surface area contributed by atoms with Crippen molar-refractivity contribution in [1.29, 1.82) is 0 Å². The molecule has 0 aromatic carbocycles. The van der Waals surface area contributed by atoms with Crippen molar-refractivity contribution in [1.82, 2.24) is 0 Å². The normalized spacial score (nSPS) is 12.6. The second-order valence-electron chi connectivity index (χ2n) is 5.53. The van der Waals surface area contributed by atoms with Gasteiger partial charge in [-0.1, -0.05) is 84.5 Å². The molecular weight excluding hydrogens is 244 g/mol. The molecule has 0 unspecified atom stereocenters. The number of unbranched alkanes of at least 4 members (excludes halogenated alkanes) is 10. The lowest BCUT2D eigenvalue weighted by molar-refractivity contribution is -0.114. The van der Waals surface area contributed by atoms with Gasteiger partial charge in [-0.05, 0) is 18.0 Å². The van der Waals surface area contributed by atoms with Gasteiger partial charge in [0.2, 0.25) is 5.24 Å². The standard InChI is InChI=1S/C16H31ClO/c1-3-4-5-6-7-8-9-10-11-12-13-14-15(2)16(17)18/h15H,3-14H2,1-2H3/t15-/m1/s1. The molecule has 0 aromatic rings. The highest BCUT2D eigenvalue weighted by atomic mass is 35.5. The van der Waals surface area contributed by atoms with Gasteiger partial charge in [0.1, 0.15) is 0 Å². The molecule has 0 spiro atoms. The molecule has 0 saturated carbocycles. The fourth-order valence-corrected chi connectivity index (χ4v) is 2.34. The van der Waals surface area contributed by atoms with Gasteiger partial charge in [0.15, 0.2) is 0 Å². The molecule has 0 radical (unpaired) electrons. The van der Waals surface area contributed by atoms with E-state index in [2.05, 4.69) is 6.92 Å². The van der Waals surface area contributed by atoms with Crippen LogP contribution in [0.5, 0.6) is 0 Å². The monoisotopic (exact) mass is 274 g/mol. The number of hydrogen-bond donors (Lipinski definition) is 0. The Bertz CT molecular complexity index is 192. The summed E-state index contributed by atoms with van der Waals surface area (Å²) < 4.78 is 0. The number of rotatable bonds is 13. The molecular formula is C16H31ClO. The lowest BCUT2D eigenvalue weighted by Crippen LogP contribution is -2.02. The first-order valence-corrected chi connectivity index (χ1v) is 8.25. The fraction of sp³-hybridized carbons (Fsp3) is 0.938. The summed E-state index contributed by atoms with van der Waals surface area (Å²) >= 11 is 5.42. The van der Waals surface area contributed by atoms with E-state index in [-0.39, 0.29) is 11.2 Å². The lowest BCUT2D eigenvalue weighted by atomic mass is 10.0. The average molecular weight is 275 g/mol. The van der Waals surface area contributed by atoms with Crippen LogP contribution in [-0.4, -0.2) is 5.24 Å². The second kappa shape index (κ2) is 13.4. The van der Waals surface area contributed by atoms with Crippen molar-refractivity contribution < 1.29 is 4.79 Å². The Labute approximate surface area is 119 Å². The molecule has 1 atom stereocenters. The Hall–Kier alpha value is -0.0400. The molecule has 0 aliphatic heterocycles. The van der Waals surface area contributed by atoms with Crippen LogP contribution < -0.4 is 0 Å². The molecule has 0 aliphatic rings. The maximum atomic E-state index is 10.8. The largest absolute Gasteiger partial charge is 0.281 e. The molecule has 0 aliphatic carbocycles. The Morgan fingerprint density at radius 2 is 1.22 bits per heavy atom. The lowest BCUT2D eigenvalue weighted by Gasteiger charge is -2.05. The van der Waals surface area contributed by atoms with Crippen molar-refractivity contribution in [3.63, 3.8) is 0 Å². The molecule has 2 heteroatoms. The van der Waals surface area contributed by atoms with E-state index in [9.17, 15) is 4.79 Å². The molecule has 0 saturated heterocycles. The van der Waals surface area contributed by atoms with Gasteiger partial charge in [0.05, 0.1) is 0 Å². The molecule has 0 aromatic heterocycles. The zero-order chi connectivity index (χ0) is 13.6. The SMILES string of the molecule is CCCCCCCCCCCCC[C@@H](C)C(=O)Cl. The van der Waals surface area contributed by atoms with Crippen LogP contribution in [0.3, 0.4) is 0 Å². The summed E-state index contributed by atoms with van der Waals surface area (Å²) in [7, 11) is 0. The van der Waals surface area contributed by atoms with Gasteiger partial charge in [-0.3, -0.25) is 4.79 Å². The van der Waals surface area contributed by atoms with Gasteiger partial charge in [0.25, 0.3) is 0 Å². The summed E-state index contributed by atoms with van der Waals surface area (Å²) in [5.74, 6) is 0.0465. The third-order valence-corrected chi connectivity index (χ3v) is 4.00. The van der Waals surface area contributed by atoms with Crippen molar-refractivity contribution in [2.24, 2.45) is 5.92 Å². The fourth-order valence-electron chi connectivity index (χ4n) is 2.23. The molecule has 0 N–H and O–H groups in total. The zero-order valence-corrected chi connectivity index (χ0v) is 13.1. The highest BCUT2D eigenvalue weighted by Gasteiger charge is 2.08. The topological polar surface area (TPSA) is 17.1 Å². The van der Waals surface area contributed by atoms with E-state index in [1.165, 1.54) is 64.2 Å². The van der Waals surface area contributed by atoms with Crippen molar-refractivity contribution in [2.75, 3.05) is 0 Å². The highest BCUT2D eigenvalue weighted by Crippen LogP contribution is 2.15. The van der Waals surface area contributed by atoms with E-state index in [1.54, 1.807) is 0 Å². The summed E-state index contributed by atoms with van der Waals surface area (Å²) in [4.78, 5) is 10.8. The first kappa shape index (κ1) is 18.0. The molecule has 18 heavy (non-hydrogen) atoms. The molecule has 0 heterocycles. The van der Waals surface area contributed by atoms with Crippen LogP contribution in [0.15, 0.2) is 0 Å². The van der Waals surface area contributed by atoms with E-state index in [4.69, 9.17) is 11.6 Å². The van der Waals surface area contributed by atoms with Crippen LogP contribution in [-0.2, 0) is 4.79 Å². The first-order valence-electron chi connectivity index (χ1n) is 7.87. The summed E-state index contributed by atoms with van der Waals surface area (Å²) in [5, 5.41) is -0.179. The summed E-state index contributed by atoms with van der Waals surface area (Å²) in [6.07, 6.45) is 15.8. The van der Waals surface area contributed by atoms with Gasteiger partial charge in [-0.25, -0.2) is 0 Å². The molecule has 0 fully saturated rings. The van der Waals surface area contributed by atoms with Crippen LogP contribution in [0.25, 0.3) is 0 Å². The van der Waals surface area contributed by atoms with Crippen molar-refractivity contribution in [3.8, 4) is 0 Å². The first-order chi connectivity index (χ1) is 8.68. The van der Waals surface area contributed by atoms with Crippen LogP contribution >= 0.6 is 11.6 Å². The Morgan fingerprint density at radius 1 is 0.833 bits per heavy atom. The maximum absolute atomic E-state index is 10.8. The smallest absolute Gasteiger partial charge is 0.224 e. The van der Waals surface area contributed by atoms with Crippen molar-refractivity contribution >= 4 is 16.8 Å². The quantitative estimate of drug-likeness (QED) is 0.293. The van der Waals surface area contributed by atoms with E-state index < -0.39 is 0 Å². The highest BCUT2D eigenvalue weighted by molar-refractivity contribution is 6.63. The van der Waals surface area contributed by atoms with E-state index in [0.717, 1.165) is 12.8 Å². The van der Waals surface area contributed by atoms with Gasteiger partial charge < -0.3 is 0 Å². The van der Waals surface area contributed by atoms with Crippen molar-refractivity contribution in [2.45, 2.75) is 90.9 Å². The molecule has 0 amide bonds. The van der Waals surface area contributed by atoms with Gasteiger partial charge >= 0.3 is 0 Å². The molecule has 0 rings (SSSR count). The third-order valence-electron chi connectivity index (χ3n) is 3.63. The van der Waals surface area contributed by atoms with Gasteiger partial charge in [0, 0.05) is 5.92 Å². The average Bonchev–Trinajstić information content (AvgIpc) is 2.35. The molecule has 0 bridgehead atoms. The minimum Gasteiger partial charge on any atom is -0.281 e. The Balaban J connectivity index is 3.05.